The molecule has 0 spiro atoms. The quantitative estimate of drug-likeness (QED) is 0.122. The summed E-state index contributed by atoms with van der Waals surface area (Å²) in [6.45, 7) is 0.273. The molecule has 0 saturated heterocycles. The maximum atomic E-state index is 6.11. The minimum Gasteiger partial charge on any atom is -0.487 e. The van der Waals surface area contributed by atoms with Gasteiger partial charge < -0.3 is 4.74 Å². The molecule has 7 rings (SSSR count). The van der Waals surface area contributed by atoms with Crippen molar-refractivity contribution in [1.29, 1.82) is 0 Å². The summed E-state index contributed by atoms with van der Waals surface area (Å²) < 4.78 is 9.52. The number of anilines is 1. The van der Waals surface area contributed by atoms with Crippen molar-refractivity contribution in [1.82, 2.24) is 29.8 Å². The van der Waals surface area contributed by atoms with E-state index in [4.69, 9.17) is 21.4 Å². The highest BCUT2D eigenvalue weighted by Crippen LogP contribution is 2.27. The Hall–Kier alpha value is -5.58. The van der Waals surface area contributed by atoms with Crippen molar-refractivity contribution >= 4 is 34.3 Å². The summed E-state index contributed by atoms with van der Waals surface area (Å²) >= 11 is 7.61. The highest BCUT2D eigenvalue weighted by molar-refractivity contribution is 7.14. The first-order chi connectivity index (χ1) is 22.2. The first-order valence-corrected chi connectivity index (χ1v) is 15.3. The van der Waals surface area contributed by atoms with E-state index in [0.29, 0.717) is 21.6 Å². The van der Waals surface area contributed by atoms with Crippen molar-refractivity contribution in [2.45, 2.75) is 6.61 Å². The van der Waals surface area contributed by atoms with Crippen molar-refractivity contribution in [3.63, 3.8) is 0 Å². The maximum absolute atomic E-state index is 6.11. The molecule has 0 aliphatic heterocycles. The molecule has 0 aliphatic rings. The van der Waals surface area contributed by atoms with Gasteiger partial charge in [0, 0.05) is 33.3 Å². The molecule has 3 aromatic heterocycles. The largest absolute Gasteiger partial charge is 0.487 e. The second-order valence-electron chi connectivity index (χ2n) is 9.93. The minimum atomic E-state index is 0.273. The van der Waals surface area contributed by atoms with Gasteiger partial charge in [-0.1, -0.05) is 71.4 Å². The van der Waals surface area contributed by atoms with Crippen molar-refractivity contribution < 1.29 is 4.74 Å². The van der Waals surface area contributed by atoms with E-state index in [0.717, 1.165) is 39.5 Å². The summed E-state index contributed by atoms with van der Waals surface area (Å²) in [6.07, 6.45) is 5.55. The molecular formula is C34H25ClN8OS. The fraction of sp³-hybridized carbons (Fsp3) is 0.0294. The van der Waals surface area contributed by atoms with Crippen molar-refractivity contribution in [2.24, 2.45) is 5.10 Å². The van der Waals surface area contributed by atoms with E-state index in [2.05, 4.69) is 25.8 Å². The molecule has 0 unspecified atom stereocenters. The molecule has 220 valence electrons. The number of benzene rings is 4. The predicted molar refractivity (Wildman–Crippen MR) is 178 cm³/mol. The minimum absolute atomic E-state index is 0.273. The van der Waals surface area contributed by atoms with Crippen LogP contribution in [0.4, 0.5) is 5.13 Å². The Morgan fingerprint density at radius 3 is 2.40 bits per heavy atom. The van der Waals surface area contributed by atoms with Crippen LogP contribution in [0.2, 0.25) is 5.02 Å². The Balaban J connectivity index is 1.07. The Labute approximate surface area is 268 Å². The number of hydrogen-bond acceptors (Lipinski definition) is 8. The van der Waals surface area contributed by atoms with Crippen LogP contribution < -0.4 is 10.2 Å². The smallest absolute Gasteiger partial charge is 0.203 e. The van der Waals surface area contributed by atoms with Gasteiger partial charge in [-0.15, -0.1) is 16.4 Å². The SMILES string of the molecule is Clc1cccc(-n2cc(COc3ccc(-c4nn(-c5ccccc5)cc4C=NNc4nc(-c5ccccc5)cs4)cc3)nn2)c1. The number of rotatable bonds is 10. The van der Waals surface area contributed by atoms with Crippen LogP contribution in [0.15, 0.2) is 132 Å². The second kappa shape index (κ2) is 13.0. The lowest BCUT2D eigenvalue weighted by molar-refractivity contribution is 0.301. The average molecular weight is 629 g/mol. The van der Waals surface area contributed by atoms with E-state index >= 15 is 0 Å². The molecule has 0 amide bonds. The fourth-order valence-corrected chi connectivity index (χ4v) is 5.47. The number of aromatic nitrogens is 6. The second-order valence-corrected chi connectivity index (χ2v) is 11.2. The van der Waals surface area contributed by atoms with Crippen LogP contribution in [0.3, 0.4) is 0 Å². The normalized spacial score (nSPS) is 11.2. The van der Waals surface area contributed by atoms with E-state index < -0.39 is 0 Å². The molecule has 3 heterocycles. The molecule has 11 heteroatoms. The molecule has 0 saturated carbocycles. The molecule has 9 nitrogen and oxygen atoms in total. The van der Waals surface area contributed by atoms with E-state index in [9.17, 15) is 0 Å². The van der Waals surface area contributed by atoms with E-state index in [1.54, 1.807) is 10.9 Å². The predicted octanol–water partition coefficient (Wildman–Crippen LogP) is 7.92. The molecule has 1 N–H and O–H groups in total. The summed E-state index contributed by atoms with van der Waals surface area (Å²) in [4.78, 5) is 4.66. The van der Waals surface area contributed by atoms with E-state index in [1.807, 2.05) is 132 Å². The van der Waals surface area contributed by atoms with Crippen LogP contribution in [-0.4, -0.2) is 36.0 Å². The molecule has 0 aliphatic carbocycles. The zero-order valence-corrected chi connectivity index (χ0v) is 25.3. The summed E-state index contributed by atoms with van der Waals surface area (Å²) in [5, 5.41) is 21.1. The monoisotopic (exact) mass is 628 g/mol. The number of halogens is 1. The average Bonchev–Trinajstić information content (AvgIpc) is 3.86. The van der Waals surface area contributed by atoms with Crippen LogP contribution in [-0.2, 0) is 6.61 Å². The molecular weight excluding hydrogens is 604 g/mol. The molecule has 0 radical (unpaired) electrons. The van der Waals surface area contributed by atoms with Gasteiger partial charge in [0.25, 0.3) is 0 Å². The topological polar surface area (TPSA) is 95.0 Å². The zero-order chi connectivity index (χ0) is 30.4. The van der Waals surface area contributed by atoms with Gasteiger partial charge in [-0.2, -0.15) is 10.2 Å². The molecule has 7 aromatic rings. The van der Waals surface area contributed by atoms with Crippen LogP contribution in [0, 0.1) is 0 Å². The molecule has 0 fully saturated rings. The first-order valence-electron chi connectivity index (χ1n) is 14.0. The lowest BCUT2D eigenvalue weighted by atomic mass is 10.1. The van der Waals surface area contributed by atoms with Gasteiger partial charge in [-0.3, -0.25) is 5.43 Å². The molecule has 4 aromatic carbocycles. The highest BCUT2D eigenvalue weighted by Gasteiger charge is 2.12. The zero-order valence-electron chi connectivity index (χ0n) is 23.7. The van der Waals surface area contributed by atoms with Crippen LogP contribution in [0.5, 0.6) is 5.75 Å². The van der Waals surface area contributed by atoms with Crippen molar-refractivity contribution in [3.8, 4) is 39.6 Å². The van der Waals surface area contributed by atoms with Gasteiger partial charge in [-0.05, 0) is 54.6 Å². The van der Waals surface area contributed by atoms with Gasteiger partial charge in [0.05, 0.1) is 29.5 Å². The molecule has 0 atom stereocenters. The summed E-state index contributed by atoms with van der Waals surface area (Å²) in [5.74, 6) is 0.702. The number of thiazole rings is 1. The fourth-order valence-electron chi connectivity index (χ4n) is 4.62. The van der Waals surface area contributed by atoms with Crippen molar-refractivity contribution in [2.75, 3.05) is 5.43 Å². The Bertz CT molecular complexity index is 2050. The third-order valence-electron chi connectivity index (χ3n) is 6.83. The van der Waals surface area contributed by atoms with Gasteiger partial charge in [0.1, 0.15) is 23.7 Å². The lowest BCUT2D eigenvalue weighted by Crippen LogP contribution is -1.96. The molecule has 0 bridgehead atoms. The Morgan fingerprint density at radius 1 is 0.822 bits per heavy atom. The number of hydrogen-bond donors (Lipinski definition) is 1. The Kier molecular flexibility index (Phi) is 8.13. The third kappa shape index (κ3) is 6.67. The third-order valence-corrected chi connectivity index (χ3v) is 7.81. The van der Waals surface area contributed by atoms with Gasteiger partial charge in [0.15, 0.2) is 0 Å². The standard InChI is InChI=1S/C34H25ClN8OS/c35-27-10-7-13-30(18-27)43-21-28(38-41-43)22-44-31-16-14-25(15-17-31)33-26(20-42(40-33)29-11-5-2-6-12-29)19-36-39-34-37-32(23-45-34)24-8-3-1-4-9-24/h1-21,23H,22H2,(H,37,39). The van der Waals surface area contributed by atoms with Gasteiger partial charge in [0.2, 0.25) is 5.13 Å². The number of ether oxygens (including phenoxy) is 1. The molecule has 45 heavy (non-hydrogen) atoms. The van der Waals surface area contributed by atoms with Crippen LogP contribution in [0.25, 0.3) is 33.9 Å². The summed E-state index contributed by atoms with van der Waals surface area (Å²) in [5.41, 5.74) is 10.1. The number of nitrogens with zero attached hydrogens (tertiary/aromatic N) is 7. The highest BCUT2D eigenvalue weighted by atomic mass is 35.5. The lowest BCUT2D eigenvalue weighted by Gasteiger charge is -2.05. The van der Waals surface area contributed by atoms with Gasteiger partial charge in [-0.25, -0.2) is 14.3 Å². The summed E-state index contributed by atoms with van der Waals surface area (Å²) in [6, 6.07) is 35.3. The van der Waals surface area contributed by atoms with Crippen LogP contribution in [0.1, 0.15) is 11.3 Å². The number of nitrogens with one attached hydrogen (secondary N) is 1. The van der Waals surface area contributed by atoms with Crippen LogP contribution >= 0.6 is 22.9 Å². The number of hydrazone groups is 1. The number of para-hydroxylation sites is 1. The van der Waals surface area contributed by atoms with E-state index in [-0.39, 0.29) is 6.61 Å². The maximum Gasteiger partial charge on any atom is 0.203 e. The van der Waals surface area contributed by atoms with E-state index in [1.165, 1.54) is 11.3 Å². The Morgan fingerprint density at radius 2 is 1.60 bits per heavy atom. The first kappa shape index (κ1) is 28.2. The van der Waals surface area contributed by atoms with Gasteiger partial charge >= 0.3 is 0 Å². The van der Waals surface area contributed by atoms with Crippen molar-refractivity contribution in [3.05, 3.63) is 143 Å². The summed E-state index contributed by atoms with van der Waals surface area (Å²) in [7, 11) is 0.